The number of carboxylic acid groups (broad SMARTS) is 1. The van der Waals surface area contributed by atoms with Crippen molar-refractivity contribution in [3.8, 4) is 0 Å². The Bertz CT molecular complexity index is 1410. The number of likely N-dealkylation sites (tertiary alicyclic amines) is 1. The Balaban J connectivity index is 1.32. The van der Waals surface area contributed by atoms with E-state index in [1.54, 1.807) is 32.2 Å². The van der Waals surface area contributed by atoms with Gasteiger partial charge in [0.2, 0.25) is 21.8 Å². The summed E-state index contributed by atoms with van der Waals surface area (Å²) in [7, 11) is -4.17. The lowest BCUT2D eigenvalue weighted by Gasteiger charge is -2.30. The number of hydrogen-bond acceptors (Lipinski definition) is 8. The Kier molecular flexibility index (Phi) is 11.3. The van der Waals surface area contributed by atoms with E-state index < -0.39 is 34.5 Å². The van der Waals surface area contributed by atoms with Gasteiger partial charge in [-0.3, -0.25) is 14.4 Å². The maximum atomic E-state index is 13.5. The SMILES string of the molecule is Cc1cc(C)c(S(=O)(=O)NC(CNC(=O)COC2CC(CNc3ccccn3)N(C(=O)C3CCCCC3)C2)C(=O)O)c(C)c1. The fraction of sp³-hybridized carbons (Fsp3) is 0.548. The number of aromatic nitrogens is 1. The van der Waals surface area contributed by atoms with Gasteiger partial charge in [0, 0.05) is 31.7 Å². The zero-order valence-electron chi connectivity index (χ0n) is 25.5. The van der Waals surface area contributed by atoms with E-state index in [0.717, 1.165) is 37.7 Å². The van der Waals surface area contributed by atoms with Crippen LogP contribution < -0.4 is 15.4 Å². The highest BCUT2D eigenvalue weighted by molar-refractivity contribution is 7.89. The van der Waals surface area contributed by atoms with Crippen molar-refractivity contribution in [2.24, 2.45) is 5.92 Å². The third-order valence-corrected chi connectivity index (χ3v) is 10.00. The van der Waals surface area contributed by atoms with E-state index in [-0.39, 0.29) is 35.5 Å². The lowest BCUT2D eigenvalue weighted by Crippen LogP contribution is -2.49. The topological polar surface area (TPSA) is 167 Å². The maximum absolute atomic E-state index is 13.5. The van der Waals surface area contributed by atoms with E-state index in [1.165, 1.54) is 0 Å². The van der Waals surface area contributed by atoms with Crippen LogP contribution in [0.3, 0.4) is 0 Å². The smallest absolute Gasteiger partial charge is 0.323 e. The lowest BCUT2D eigenvalue weighted by molar-refractivity contribution is -0.139. The molecule has 1 aromatic heterocycles. The first kappa shape index (κ1) is 33.3. The largest absolute Gasteiger partial charge is 0.480 e. The number of carbonyl (C=O) groups is 3. The second-order valence-corrected chi connectivity index (χ2v) is 13.4. The molecule has 3 unspecified atom stereocenters. The number of aliphatic carboxylic acids is 1. The van der Waals surface area contributed by atoms with Gasteiger partial charge in [-0.05, 0) is 63.3 Å². The summed E-state index contributed by atoms with van der Waals surface area (Å²) in [5.74, 6) is -1.19. The van der Waals surface area contributed by atoms with Gasteiger partial charge in [0.1, 0.15) is 18.5 Å². The summed E-state index contributed by atoms with van der Waals surface area (Å²) in [4.78, 5) is 44.2. The number of benzene rings is 1. The number of ether oxygens (including phenoxy) is 1. The minimum Gasteiger partial charge on any atom is -0.480 e. The van der Waals surface area contributed by atoms with Crippen LogP contribution in [-0.4, -0.2) is 85.6 Å². The molecule has 44 heavy (non-hydrogen) atoms. The molecule has 12 nitrogen and oxygen atoms in total. The van der Waals surface area contributed by atoms with Crippen LogP contribution in [0.4, 0.5) is 5.82 Å². The lowest BCUT2D eigenvalue weighted by atomic mass is 9.88. The van der Waals surface area contributed by atoms with Crippen LogP contribution in [0.25, 0.3) is 0 Å². The summed E-state index contributed by atoms with van der Waals surface area (Å²) >= 11 is 0. The number of amides is 2. The number of nitrogens with zero attached hydrogens (tertiary/aromatic N) is 2. The van der Waals surface area contributed by atoms with Gasteiger partial charge in [-0.25, -0.2) is 13.4 Å². The molecule has 0 spiro atoms. The molecule has 1 aliphatic carbocycles. The molecule has 0 bridgehead atoms. The molecule has 2 aliphatic rings. The van der Waals surface area contributed by atoms with Crippen LogP contribution in [0.5, 0.6) is 0 Å². The second-order valence-electron chi connectivity index (χ2n) is 11.8. The quantitative estimate of drug-likeness (QED) is 0.260. The van der Waals surface area contributed by atoms with Crippen molar-refractivity contribution in [3.63, 3.8) is 0 Å². The average molecular weight is 630 g/mol. The zero-order chi connectivity index (χ0) is 31.9. The number of hydrogen-bond donors (Lipinski definition) is 4. The van der Waals surface area contributed by atoms with E-state index in [2.05, 4.69) is 20.3 Å². The van der Waals surface area contributed by atoms with Crippen LogP contribution in [0.2, 0.25) is 0 Å². The van der Waals surface area contributed by atoms with Crippen molar-refractivity contribution in [3.05, 3.63) is 53.2 Å². The molecule has 4 N–H and O–H groups in total. The molecule has 240 valence electrons. The van der Waals surface area contributed by atoms with Gasteiger partial charge >= 0.3 is 5.97 Å². The Labute approximate surface area is 259 Å². The predicted octanol–water partition coefficient (Wildman–Crippen LogP) is 2.53. The van der Waals surface area contributed by atoms with Crippen molar-refractivity contribution in [2.75, 3.05) is 31.6 Å². The Morgan fingerprint density at radius 2 is 1.80 bits per heavy atom. The molecular weight excluding hydrogens is 586 g/mol. The number of sulfonamides is 1. The van der Waals surface area contributed by atoms with Gasteiger partial charge in [-0.15, -0.1) is 0 Å². The van der Waals surface area contributed by atoms with Gasteiger partial charge in [0.25, 0.3) is 0 Å². The number of carboxylic acids is 1. The summed E-state index contributed by atoms with van der Waals surface area (Å²) in [5.41, 5.74) is 1.89. The van der Waals surface area contributed by atoms with Gasteiger partial charge in [0.15, 0.2) is 0 Å². The summed E-state index contributed by atoms with van der Waals surface area (Å²) in [5, 5.41) is 15.4. The van der Waals surface area contributed by atoms with Crippen LogP contribution in [0.1, 0.15) is 55.2 Å². The summed E-state index contributed by atoms with van der Waals surface area (Å²) in [6, 6.07) is 7.26. The fourth-order valence-electron chi connectivity index (χ4n) is 6.21. The molecule has 3 atom stereocenters. The third-order valence-electron chi connectivity index (χ3n) is 8.22. The predicted molar refractivity (Wildman–Crippen MR) is 165 cm³/mol. The molecule has 13 heteroatoms. The van der Waals surface area contributed by atoms with Crippen molar-refractivity contribution < 1.29 is 32.6 Å². The minimum absolute atomic E-state index is 0.00707. The van der Waals surface area contributed by atoms with Gasteiger partial charge < -0.3 is 25.4 Å². The summed E-state index contributed by atoms with van der Waals surface area (Å²) in [6.07, 6.45) is 6.81. The van der Waals surface area contributed by atoms with Crippen LogP contribution in [-0.2, 0) is 29.1 Å². The van der Waals surface area contributed by atoms with E-state index in [1.807, 2.05) is 30.0 Å². The monoisotopic (exact) mass is 629 g/mol. The van der Waals surface area contributed by atoms with Crippen molar-refractivity contribution in [2.45, 2.75) is 82.4 Å². The zero-order valence-corrected chi connectivity index (χ0v) is 26.4. The minimum atomic E-state index is -4.17. The number of anilines is 1. The summed E-state index contributed by atoms with van der Waals surface area (Å²) < 4.78 is 34.2. The highest BCUT2D eigenvalue weighted by atomic mass is 32.2. The molecule has 1 aromatic carbocycles. The molecule has 2 aromatic rings. The third kappa shape index (κ3) is 8.76. The number of aryl methyl sites for hydroxylation is 3. The first-order valence-electron chi connectivity index (χ1n) is 15.1. The molecule has 0 radical (unpaired) electrons. The fourth-order valence-corrected chi connectivity index (χ4v) is 7.85. The van der Waals surface area contributed by atoms with Crippen molar-refractivity contribution in [1.29, 1.82) is 0 Å². The first-order chi connectivity index (χ1) is 20.9. The second kappa shape index (κ2) is 15.0. The number of pyridine rings is 1. The Morgan fingerprint density at radius 3 is 2.43 bits per heavy atom. The molecule has 1 aliphatic heterocycles. The van der Waals surface area contributed by atoms with E-state index >= 15 is 0 Å². The first-order valence-corrected chi connectivity index (χ1v) is 16.6. The standard InChI is InChI=1S/C31H43N5O7S/c1-20-13-21(2)29(22(3)14-20)44(41,42)35-26(31(39)40)17-34-28(37)19-43-25-15-24(16-33-27-11-7-8-12-32-27)36(18-25)30(38)23-9-5-4-6-10-23/h7-8,11-14,23-26,35H,4-6,9-10,15-19H2,1-3H3,(H,32,33)(H,34,37)(H,39,40). The average Bonchev–Trinajstić information content (AvgIpc) is 3.40. The number of rotatable bonds is 13. The normalized spacial score (nSPS) is 19.8. The molecule has 2 amide bonds. The molecule has 4 rings (SSSR count). The van der Waals surface area contributed by atoms with Gasteiger partial charge in [0.05, 0.1) is 17.0 Å². The van der Waals surface area contributed by atoms with E-state index in [4.69, 9.17) is 4.74 Å². The van der Waals surface area contributed by atoms with Crippen LogP contribution >= 0.6 is 0 Å². The number of carbonyl (C=O) groups excluding carboxylic acids is 2. The molecule has 1 saturated heterocycles. The summed E-state index contributed by atoms with van der Waals surface area (Å²) in [6.45, 7) is 5.16. The van der Waals surface area contributed by atoms with Gasteiger partial charge in [-0.2, -0.15) is 4.72 Å². The Morgan fingerprint density at radius 1 is 1.09 bits per heavy atom. The van der Waals surface area contributed by atoms with Crippen molar-refractivity contribution >= 4 is 33.6 Å². The number of nitrogens with one attached hydrogen (secondary N) is 3. The molecule has 2 heterocycles. The molecular formula is C31H43N5O7S. The van der Waals surface area contributed by atoms with Crippen LogP contribution in [0.15, 0.2) is 41.4 Å². The molecule has 2 fully saturated rings. The van der Waals surface area contributed by atoms with E-state index in [0.29, 0.717) is 36.5 Å². The highest BCUT2D eigenvalue weighted by Gasteiger charge is 2.39. The van der Waals surface area contributed by atoms with Crippen molar-refractivity contribution in [1.82, 2.24) is 19.9 Å². The van der Waals surface area contributed by atoms with Crippen LogP contribution in [0, 0.1) is 26.7 Å². The highest BCUT2D eigenvalue weighted by Crippen LogP contribution is 2.30. The maximum Gasteiger partial charge on any atom is 0.323 e. The Hall–Kier alpha value is -3.55. The van der Waals surface area contributed by atoms with E-state index in [9.17, 15) is 27.9 Å². The van der Waals surface area contributed by atoms with Gasteiger partial charge in [-0.1, -0.05) is 43.0 Å². The molecule has 1 saturated carbocycles.